The van der Waals surface area contributed by atoms with Crippen LogP contribution in [0.3, 0.4) is 0 Å². The molecule has 0 spiro atoms. The van der Waals surface area contributed by atoms with Gasteiger partial charge in [0, 0.05) is 12.4 Å². The Morgan fingerprint density at radius 2 is 1.80 bits per heavy atom. The van der Waals surface area contributed by atoms with Crippen LogP contribution in [-0.4, -0.2) is 10.9 Å². The molecule has 15 heavy (non-hydrogen) atoms. The molecular weight excluding hydrogens is 194 g/mol. The number of pyridine rings is 1. The molecule has 8 N–H and O–H groups in total. The van der Waals surface area contributed by atoms with Gasteiger partial charge in [-0.1, -0.05) is 13.3 Å². The normalized spacial score (nSPS) is 10.5. The molecule has 1 heterocycles. The van der Waals surface area contributed by atoms with E-state index in [-0.39, 0.29) is 5.48 Å². The number of nitrogens with zero attached hydrogens (tertiary/aromatic N) is 1. The van der Waals surface area contributed by atoms with Gasteiger partial charge < -0.3 is 10.7 Å². The van der Waals surface area contributed by atoms with Gasteiger partial charge in [-0.15, -0.1) is 0 Å². The van der Waals surface area contributed by atoms with Crippen LogP contribution < -0.4 is 22.7 Å². The monoisotopic (exact) mass is 213 g/mol. The number of rotatable bonds is 3. The van der Waals surface area contributed by atoms with Crippen LogP contribution >= 0.6 is 0 Å². The molecule has 1 aromatic rings. The topological polar surface area (TPSA) is 131 Å². The summed E-state index contributed by atoms with van der Waals surface area (Å²) in [5, 5.41) is 9.45. The summed E-state index contributed by atoms with van der Waals surface area (Å²) in [6.07, 6.45) is 6.06. The van der Waals surface area contributed by atoms with Crippen molar-refractivity contribution < 1.29 is 5.48 Å². The summed E-state index contributed by atoms with van der Waals surface area (Å²) in [6.45, 7) is 2.18. The van der Waals surface area contributed by atoms with E-state index >= 15 is 0 Å². The van der Waals surface area contributed by atoms with Gasteiger partial charge in [0.05, 0.1) is 0 Å². The SMILES string of the molecule is CCCc1ccncc1.NC(N)(N)[NH2+][O-]. The number of aryl methyl sites for hydroxylation is 1. The van der Waals surface area contributed by atoms with Gasteiger partial charge in [0.25, 0.3) is 5.91 Å². The lowest BCUT2D eigenvalue weighted by Crippen LogP contribution is -3.03. The van der Waals surface area contributed by atoms with Crippen LogP contribution in [0.1, 0.15) is 18.9 Å². The molecule has 0 radical (unpaired) electrons. The minimum absolute atomic E-state index is 0.271. The quantitative estimate of drug-likeness (QED) is 0.361. The lowest BCUT2D eigenvalue weighted by Gasteiger charge is -2.16. The first-order chi connectivity index (χ1) is 6.99. The Balaban J connectivity index is 0.000000288. The van der Waals surface area contributed by atoms with Crippen LogP contribution in [0.4, 0.5) is 0 Å². The van der Waals surface area contributed by atoms with E-state index in [2.05, 4.69) is 24.0 Å². The third kappa shape index (κ3) is 9.26. The molecule has 6 heteroatoms. The Hall–Kier alpha value is -1.05. The Kier molecular flexibility index (Phi) is 6.76. The third-order valence-electron chi connectivity index (χ3n) is 1.49. The second kappa shape index (κ2) is 7.27. The predicted octanol–water partition coefficient (Wildman–Crippen LogP) is -1.43. The predicted molar refractivity (Wildman–Crippen MR) is 58.8 cm³/mol. The fraction of sp³-hybridized carbons (Fsp3) is 0.444. The summed E-state index contributed by atoms with van der Waals surface area (Å²) in [5.41, 5.74) is 15.8. The molecular formula is C9H19N5O. The number of hydroxylamine groups is 1. The van der Waals surface area contributed by atoms with Gasteiger partial charge in [-0.2, -0.15) is 0 Å². The van der Waals surface area contributed by atoms with Crippen molar-refractivity contribution in [2.45, 2.75) is 25.7 Å². The molecule has 6 nitrogen and oxygen atoms in total. The average Bonchev–Trinajstić information content (AvgIpc) is 2.20. The van der Waals surface area contributed by atoms with Crippen LogP contribution in [0.2, 0.25) is 0 Å². The van der Waals surface area contributed by atoms with Crippen LogP contribution in [0.15, 0.2) is 24.5 Å². The Morgan fingerprint density at radius 3 is 2.13 bits per heavy atom. The highest BCUT2D eigenvalue weighted by Gasteiger charge is 2.06. The second-order valence-corrected chi connectivity index (χ2v) is 3.22. The minimum Gasteiger partial charge on any atom is -0.632 e. The molecule has 86 valence electrons. The maximum atomic E-state index is 9.45. The van der Waals surface area contributed by atoms with Gasteiger partial charge in [0.1, 0.15) is 0 Å². The Morgan fingerprint density at radius 1 is 1.33 bits per heavy atom. The van der Waals surface area contributed by atoms with E-state index in [0.717, 1.165) is 0 Å². The van der Waals surface area contributed by atoms with Crippen molar-refractivity contribution in [2.75, 3.05) is 0 Å². The lowest BCUT2D eigenvalue weighted by atomic mass is 10.2. The highest BCUT2D eigenvalue weighted by atomic mass is 16.5. The van der Waals surface area contributed by atoms with Crippen molar-refractivity contribution in [1.29, 1.82) is 0 Å². The highest BCUT2D eigenvalue weighted by Crippen LogP contribution is 1.98. The van der Waals surface area contributed by atoms with Crippen molar-refractivity contribution in [2.24, 2.45) is 17.2 Å². The van der Waals surface area contributed by atoms with E-state index in [1.54, 1.807) is 0 Å². The van der Waals surface area contributed by atoms with E-state index in [9.17, 15) is 5.21 Å². The van der Waals surface area contributed by atoms with Crippen molar-refractivity contribution in [1.82, 2.24) is 4.98 Å². The summed E-state index contributed by atoms with van der Waals surface area (Å²) in [6, 6.07) is 4.12. The first-order valence-electron chi connectivity index (χ1n) is 4.71. The molecule has 0 saturated carbocycles. The van der Waals surface area contributed by atoms with Crippen LogP contribution in [0.5, 0.6) is 0 Å². The zero-order valence-electron chi connectivity index (χ0n) is 8.89. The largest absolute Gasteiger partial charge is 0.632 e. The van der Waals surface area contributed by atoms with Crippen molar-refractivity contribution in [3.63, 3.8) is 0 Å². The van der Waals surface area contributed by atoms with Crippen LogP contribution in [0, 0.1) is 5.21 Å². The number of quaternary nitrogens is 1. The van der Waals surface area contributed by atoms with Gasteiger partial charge in [-0.3, -0.25) is 22.2 Å². The van der Waals surface area contributed by atoms with E-state index < -0.39 is 5.91 Å². The highest BCUT2D eigenvalue weighted by molar-refractivity contribution is 5.09. The molecule has 0 atom stereocenters. The number of hydrogen-bond donors (Lipinski definition) is 4. The zero-order chi connectivity index (χ0) is 11.7. The van der Waals surface area contributed by atoms with Crippen LogP contribution in [0.25, 0.3) is 0 Å². The second-order valence-electron chi connectivity index (χ2n) is 3.22. The van der Waals surface area contributed by atoms with E-state index in [1.807, 2.05) is 12.4 Å². The molecule has 0 aliphatic rings. The molecule has 1 rings (SSSR count). The molecule has 0 unspecified atom stereocenters. The fourth-order valence-corrected chi connectivity index (χ4v) is 0.838. The summed E-state index contributed by atoms with van der Waals surface area (Å²) in [5.74, 6) is -1.64. The van der Waals surface area contributed by atoms with Gasteiger partial charge in [0.2, 0.25) is 0 Å². The molecule has 1 aromatic heterocycles. The number of aromatic nitrogens is 1. The smallest absolute Gasteiger partial charge is 0.260 e. The van der Waals surface area contributed by atoms with Gasteiger partial charge in [-0.25, -0.2) is 0 Å². The first-order valence-corrected chi connectivity index (χ1v) is 4.71. The number of hydrogen-bond acceptors (Lipinski definition) is 5. The molecule has 0 bridgehead atoms. The van der Waals surface area contributed by atoms with Gasteiger partial charge >= 0.3 is 0 Å². The Labute approximate surface area is 89.4 Å². The Bertz CT molecular complexity index is 246. The standard InChI is InChI=1S/C8H11N.CH8N4O/c1-2-3-8-4-6-9-7-5-8;2-1(3,4)5-6/h4-7H,2-3H2,1H3;2-5H2. The average molecular weight is 213 g/mol. The summed E-state index contributed by atoms with van der Waals surface area (Å²) < 4.78 is 0. The van der Waals surface area contributed by atoms with Crippen molar-refractivity contribution >= 4 is 0 Å². The summed E-state index contributed by atoms with van der Waals surface area (Å²) in [4.78, 5) is 3.93. The minimum atomic E-state index is -1.64. The molecule has 0 saturated heterocycles. The molecule has 0 aliphatic carbocycles. The molecule has 0 aromatic carbocycles. The van der Waals surface area contributed by atoms with E-state index in [0.29, 0.717) is 0 Å². The third-order valence-corrected chi connectivity index (χ3v) is 1.49. The van der Waals surface area contributed by atoms with E-state index in [1.165, 1.54) is 18.4 Å². The molecule has 0 fully saturated rings. The van der Waals surface area contributed by atoms with Gasteiger partial charge in [0.15, 0.2) is 0 Å². The summed E-state index contributed by atoms with van der Waals surface area (Å²) >= 11 is 0. The maximum Gasteiger partial charge on any atom is 0.260 e. The molecule has 0 amide bonds. The van der Waals surface area contributed by atoms with E-state index in [4.69, 9.17) is 17.2 Å². The van der Waals surface area contributed by atoms with Crippen molar-refractivity contribution in [3.8, 4) is 0 Å². The molecule has 0 aliphatic heterocycles. The first kappa shape index (κ1) is 13.9. The summed E-state index contributed by atoms with van der Waals surface area (Å²) in [7, 11) is 0. The fourth-order valence-electron chi connectivity index (χ4n) is 0.838. The lowest BCUT2D eigenvalue weighted by molar-refractivity contribution is -0.668. The number of nitrogens with two attached hydrogens (primary N) is 4. The maximum absolute atomic E-state index is 9.45. The van der Waals surface area contributed by atoms with Gasteiger partial charge in [-0.05, 0) is 24.1 Å². The van der Waals surface area contributed by atoms with Crippen molar-refractivity contribution in [3.05, 3.63) is 35.3 Å². The van der Waals surface area contributed by atoms with Crippen LogP contribution in [-0.2, 0) is 6.42 Å². The zero-order valence-corrected chi connectivity index (χ0v) is 8.89.